The molecule has 1 saturated heterocycles. The molecule has 0 radical (unpaired) electrons. The van der Waals surface area contributed by atoms with Gasteiger partial charge in [-0.05, 0) is 35.2 Å². The topological polar surface area (TPSA) is 72.6 Å². The van der Waals surface area contributed by atoms with Gasteiger partial charge in [0.1, 0.15) is 11.8 Å². The summed E-state index contributed by atoms with van der Waals surface area (Å²) in [6, 6.07) is 11.7. The maximum atomic E-state index is 12.7. The second-order valence-electron chi connectivity index (χ2n) is 6.55. The van der Waals surface area contributed by atoms with Gasteiger partial charge in [0.05, 0.1) is 23.5 Å². The zero-order valence-electron chi connectivity index (χ0n) is 14.9. The van der Waals surface area contributed by atoms with Crippen LogP contribution in [0.1, 0.15) is 21.5 Å². The first-order valence-electron chi connectivity index (χ1n) is 8.99. The van der Waals surface area contributed by atoms with Crippen LogP contribution in [0.3, 0.4) is 0 Å². The van der Waals surface area contributed by atoms with Crippen molar-refractivity contribution in [2.24, 2.45) is 0 Å². The number of hydrogen-bond donors (Lipinski definition) is 0. The van der Waals surface area contributed by atoms with Gasteiger partial charge in [0.25, 0.3) is 5.91 Å². The third-order valence-electron chi connectivity index (χ3n) is 4.84. The van der Waals surface area contributed by atoms with Gasteiger partial charge in [-0.25, -0.2) is 4.52 Å². The summed E-state index contributed by atoms with van der Waals surface area (Å²) in [7, 11) is 0. The Labute approximate surface area is 165 Å². The van der Waals surface area contributed by atoms with E-state index in [1.54, 1.807) is 16.9 Å². The number of ether oxygens (including phenoxy) is 1. The summed E-state index contributed by atoms with van der Waals surface area (Å²) in [6.45, 7) is 1.53. The van der Waals surface area contributed by atoms with E-state index < -0.39 is 0 Å². The monoisotopic (exact) mass is 391 g/mol. The molecular formula is C20H17N5O2S. The minimum atomic E-state index is -0.290. The zero-order valence-corrected chi connectivity index (χ0v) is 15.7. The van der Waals surface area contributed by atoms with E-state index in [4.69, 9.17) is 4.74 Å². The molecule has 4 aromatic rings. The van der Waals surface area contributed by atoms with Gasteiger partial charge in [0, 0.05) is 30.7 Å². The Kier molecular flexibility index (Phi) is 4.34. The first kappa shape index (κ1) is 17.0. The molecule has 1 aliphatic rings. The van der Waals surface area contributed by atoms with Gasteiger partial charge < -0.3 is 9.64 Å². The van der Waals surface area contributed by atoms with Crippen molar-refractivity contribution >= 4 is 22.8 Å². The van der Waals surface area contributed by atoms with E-state index in [9.17, 15) is 4.79 Å². The maximum Gasteiger partial charge on any atom is 0.264 e. The molecule has 4 aromatic heterocycles. The molecular weight excluding hydrogens is 374 g/mol. The summed E-state index contributed by atoms with van der Waals surface area (Å²) in [5.41, 5.74) is 3.74. The molecule has 7 nitrogen and oxygen atoms in total. The maximum absolute atomic E-state index is 12.7. The Bertz CT molecular complexity index is 1110. The minimum Gasteiger partial charge on any atom is -0.368 e. The molecule has 5 rings (SSSR count). The van der Waals surface area contributed by atoms with Crippen molar-refractivity contribution in [2.45, 2.75) is 6.10 Å². The lowest BCUT2D eigenvalue weighted by Gasteiger charge is -2.31. The van der Waals surface area contributed by atoms with Crippen LogP contribution in [0.2, 0.25) is 0 Å². The number of aromatic nitrogens is 4. The standard InChI is InChI=1S/C20H17N5O2S/c26-20(18-2-1-11-28-18)24-9-10-27-17(13-24)19-16-4-3-15(12-25(16)23-22-19)14-5-7-21-8-6-14/h1-8,11-12,17H,9-10,13H2. The number of rotatable bonds is 3. The largest absolute Gasteiger partial charge is 0.368 e. The molecule has 0 aliphatic carbocycles. The third kappa shape index (κ3) is 3.06. The second kappa shape index (κ2) is 7.14. The molecule has 8 heteroatoms. The summed E-state index contributed by atoms with van der Waals surface area (Å²) in [5, 5.41) is 10.5. The zero-order chi connectivity index (χ0) is 18.9. The molecule has 0 spiro atoms. The lowest BCUT2D eigenvalue weighted by molar-refractivity contribution is -0.0239. The summed E-state index contributed by atoms with van der Waals surface area (Å²) >= 11 is 1.46. The predicted octanol–water partition coefficient (Wildman–Crippen LogP) is 3.07. The lowest BCUT2D eigenvalue weighted by atomic mass is 10.1. The van der Waals surface area contributed by atoms with E-state index in [0.29, 0.717) is 19.7 Å². The molecule has 28 heavy (non-hydrogen) atoms. The molecule has 140 valence electrons. The van der Waals surface area contributed by atoms with Crippen LogP contribution in [-0.4, -0.2) is 50.3 Å². The predicted molar refractivity (Wildman–Crippen MR) is 105 cm³/mol. The Hall–Kier alpha value is -3.10. The summed E-state index contributed by atoms with van der Waals surface area (Å²) in [5.74, 6) is 0.0414. The molecule has 0 saturated carbocycles. The van der Waals surface area contributed by atoms with Crippen molar-refractivity contribution < 1.29 is 9.53 Å². The quantitative estimate of drug-likeness (QED) is 0.537. The van der Waals surface area contributed by atoms with Crippen molar-refractivity contribution in [1.82, 2.24) is 24.7 Å². The van der Waals surface area contributed by atoms with Crippen LogP contribution in [-0.2, 0) is 4.74 Å². The van der Waals surface area contributed by atoms with Gasteiger partial charge in [0.15, 0.2) is 0 Å². The van der Waals surface area contributed by atoms with Crippen LogP contribution < -0.4 is 0 Å². The van der Waals surface area contributed by atoms with Crippen molar-refractivity contribution in [1.29, 1.82) is 0 Å². The highest BCUT2D eigenvalue weighted by atomic mass is 32.1. The van der Waals surface area contributed by atoms with E-state index >= 15 is 0 Å². The number of amides is 1. The normalized spacial score (nSPS) is 17.1. The number of nitrogens with zero attached hydrogens (tertiary/aromatic N) is 5. The molecule has 0 aromatic carbocycles. The Morgan fingerprint density at radius 2 is 2.04 bits per heavy atom. The second-order valence-corrected chi connectivity index (χ2v) is 7.49. The van der Waals surface area contributed by atoms with Gasteiger partial charge in [-0.1, -0.05) is 17.3 Å². The highest BCUT2D eigenvalue weighted by Gasteiger charge is 2.29. The van der Waals surface area contributed by atoms with Crippen molar-refractivity contribution in [3.63, 3.8) is 0 Å². The number of carbonyl (C=O) groups is 1. The number of pyridine rings is 2. The summed E-state index contributed by atoms with van der Waals surface area (Å²) in [4.78, 5) is 19.3. The lowest BCUT2D eigenvalue weighted by Crippen LogP contribution is -2.42. The fraction of sp³-hybridized carbons (Fsp3) is 0.200. The molecule has 1 atom stereocenters. The van der Waals surface area contributed by atoms with Crippen LogP contribution in [0.5, 0.6) is 0 Å². The molecule has 1 unspecified atom stereocenters. The molecule has 0 bridgehead atoms. The van der Waals surface area contributed by atoms with Crippen LogP contribution in [0.25, 0.3) is 16.6 Å². The Morgan fingerprint density at radius 1 is 1.14 bits per heavy atom. The smallest absolute Gasteiger partial charge is 0.264 e. The first-order valence-corrected chi connectivity index (χ1v) is 9.87. The van der Waals surface area contributed by atoms with Crippen molar-refractivity contribution in [3.05, 3.63) is 70.9 Å². The molecule has 1 fully saturated rings. The molecule has 1 amide bonds. The number of thiophene rings is 1. The van der Waals surface area contributed by atoms with Crippen molar-refractivity contribution in [3.8, 4) is 11.1 Å². The summed E-state index contributed by atoms with van der Waals surface area (Å²) in [6.07, 6.45) is 5.18. The van der Waals surface area contributed by atoms with E-state index in [1.165, 1.54) is 11.3 Å². The van der Waals surface area contributed by atoms with E-state index in [1.807, 2.05) is 52.9 Å². The van der Waals surface area contributed by atoms with Gasteiger partial charge in [0.2, 0.25) is 0 Å². The van der Waals surface area contributed by atoms with E-state index in [-0.39, 0.29) is 12.0 Å². The highest BCUT2D eigenvalue weighted by Crippen LogP contribution is 2.27. The Balaban J connectivity index is 1.42. The van der Waals surface area contributed by atoms with Crippen LogP contribution in [0.15, 0.2) is 60.4 Å². The molecule has 0 N–H and O–H groups in total. The van der Waals surface area contributed by atoms with Crippen LogP contribution in [0, 0.1) is 0 Å². The highest BCUT2D eigenvalue weighted by molar-refractivity contribution is 7.12. The minimum absolute atomic E-state index is 0.0414. The van der Waals surface area contributed by atoms with Crippen LogP contribution in [0.4, 0.5) is 0 Å². The van der Waals surface area contributed by atoms with E-state index in [2.05, 4.69) is 15.3 Å². The van der Waals surface area contributed by atoms with E-state index in [0.717, 1.165) is 27.2 Å². The molecule has 1 aliphatic heterocycles. The number of hydrogen-bond acceptors (Lipinski definition) is 6. The average Bonchev–Trinajstić information content (AvgIpc) is 3.43. The first-order chi connectivity index (χ1) is 13.8. The van der Waals surface area contributed by atoms with Crippen molar-refractivity contribution in [2.75, 3.05) is 19.7 Å². The number of morpholine rings is 1. The van der Waals surface area contributed by atoms with Gasteiger partial charge in [-0.3, -0.25) is 9.78 Å². The van der Waals surface area contributed by atoms with Gasteiger partial charge in [-0.2, -0.15) is 0 Å². The fourth-order valence-electron chi connectivity index (χ4n) is 3.41. The van der Waals surface area contributed by atoms with Gasteiger partial charge in [-0.15, -0.1) is 16.4 Å². The Morgan fingerprint density at radius 3 is 2.86 bits per heavy atom. The number of fused-ring (bicyclic) bond motifs is 1. The average molecular weight is 391 g/mol. The SMILES string of the molecule is O=C(c1cccs1)N1CCOC(c2nnn3cc(-c4ccncc4)ccc23)C1. The third-order valence-corrected chi connectivity index (χ3v) is 5.70. The molecule has 5 heterocycles. The van der Waals surface area contributed by atoms with Gasteiger partial charge >= 0.3 is 0 Å². The van der Waals surface area contributed by atoms with Crippen LogP contribution >= 0.6 is 11.3 Å². The summed E-state index contributed by atoms with van der Waals surface area (Å²) < 4.78 is 7.69. The fourth-order valence-corrected chi connectivity index (χ4v) is 4.10. The number of carbonyl (C=O) groups excluding carboxylic acids is 1.